The number of esters is 1. The summed E-state index contributed by atoms with van der Waals surface area (Å²) in [6, 6.07) is 8.35. The van der Waals surface area contributed by atoms with Gasteiger partial charge in [0.05, 0.1) is 7.11 Å². The Kier molecular flexibility index (Phi) is 6.87. The van der Waals surface area contributed by atoms with E-state index in [1.807, 2.05) is 12.1 Å². The van der Waals surface area contributed by atoms with Crippen LogP contribution >= 0.6 is 0 Å². The summed E-state index contributed by atoms with van der Waals surface area (Å²) in [6.07, 6.45) is 12.4. The Morgan fingerprint density at radius 2 is 2.07 bits per heavy atom. The highest BCUT2D eigenvalue weighted by atomic mass is 16.5. The molecule has 0 N–H and O–H groups in total. The lowest BCUT2D eigenvalue weighted by atomic mass is 9.90. The van der Waals surface area contributed by atoms with Crippen molar-refractivity contribution in [3.05, 3.63) is 47.5 Å². The topological polar surface area (TPSA) is 43.4 Å². The molecule has 27 heavy (non-hydrogen) atoms. The number of Topliss-reactive ketones (excluding diaryl/α,β-unsaturated/α-hetero) is 1. The molecule has 0 spiro atoms. The molecule has 3 nitrogen and oxygen atoms in total. The van der Waals surface area contributed by atoms with Gasteiger partial charge in [0.25, 0.3) is 0 Å². The molecule has 0 saturated heterocycles. The van der Waals surface area contributed by atoms with Gasteiger partial charge in [-0.1, -0.05) is 56.2 Å². The van der Waals surface area contributed by atoms with E-state index in [0.29, 0.717) is 36.4 Å². The average Bonchev–Trinajstić information content (AvgIpc) is 3.24. The summed E-state index contributed by atoms with van der Waals surface area (Å²) in [5, 5.41) is 0. The third kappa shape index (κ3) is 5.09. The second kappa shape index (κ2) is 9.34. The van der Waals surface area contributed by atoms with Gasteiger partial charge < -0.3 is 4.74 Å². The summed E-state index contributed by atoms with van der Waals surface area (Å²) < 4.78 is 4.72. The Bertz CT molecular complexity index is 691. The Morgan fingerprint density at radius 3 is 2.85 bits per heavy atom. The van der Waals surface area contributed by atoms with Crippen LogP contribution < -0.4 is 0 Å². The fraction of sp³-hybridized carbons (Fsp3) is 0.583. The molecule has 0 amide bonds. The van der Waals surface area contributed by atoms with Crippen LogP contribution in [0.25, 0.3) is 0 Å². The smallest absolute Gasteiger partial charge is 0.305 e. The first-order chi connectivity index (χ1) is 13.1. The van der Waals surface area contributed by atoms with Crippen molar-refractivity contribution in [2.75, 3.05) is 7.11 Å². The number of unbranched alkanes of at least 4 members (excludes halogenated alkanes) is 3. The van der Waals surface area contributed by atoms with E-state index in [9.17, 15) is 9.59 Å². The zero-order chi connectivity index (χ0) is 19.2. The van der Waals surface area contributed by atoms with Gasteiger partial charge in [0, 0.05) is 18.8 Å². The number of ketones is 1. The lowest BCUT2D eigenvalue weighted by Crippen LogP contribution is -2.16. The van der Waals surface area contributed by atoms with Gasteiger partial charge in [-0.2, -0.15) is 0 Å². The second-order valence-corrected chi connectivity index (χ2v) is 8.12. The van der Waals surface area contributed by atoms with Crippen molar-refractivity contribution in [2.45, 2.75) is 58.3 Å². The first-order valence-electron chi connectivity index (χ1n) is 10.5. The molecule has 1 aromatic carbocycles. The fourth-order valence-corrected chi connectivity index (χ4v) is 4.67. The predicted molar refractivity (Wildman–Crippen MR) is 107 cm³/mol. The number of aryl methyl sites for hydroxylation is 1. The molecule has 0 heterocycles. The van der Waals surface area contributed by atoms with Crippen molar-refractivity contribution >= 4 is 11.8 Å². The number of carbonyl (C=O) groups excluding carboxylic acids is 2. The van der Waals surface area contributed by atoms with Gasteiger partial charge in [-0.05, 0) is 54.6 Å². The summed E-state index contributed by atoms with van der Waals surface area (Å²) in [5.41, 5.74) is 2.36. The summed E-state index contributed by atoms with van der Waals surface area (Å²) in [7, 11) is 1.42. The Hall–Kier alpha value is -1.90. The quantitative estimate of drug-likeness (QED) is 0.334. The van der Waals surface area contributed by atoms with E-state index in [1.165, 1.54) is 38.4 Å². The highest BCUT2D eigenvalue weighted by Crippen LogP contribution is 2.60. The molecule has 4 atom stereocenters. The van der Waals surface area contributed by atoms with Gasteiger partial charge in [0.1, 0.15) is 5.78 Å². The number of hydrogen-bond donors (Lipinski definition) is 0. The molecular formula is C24H32O3. The molecule has 0 aromatic heterocycles. The van der Waals surface area contributed by atoms with E-state index in [2.05, 4.69) is 31.2 Å². The minimum absolute atomic E-state index is 0.177. The number of rotatable bonds is 10. The highest BCUT2D eigenvalue weighted by molar-refractivity contribution is 5.86. The summed E-state index contributed by atoms with van der Waals surface area (Å²) in [5.74, 6) is 2.21. The maximum absolute atomic E-state index is 12.4. The normalized spacial score (nSPS) is 26.4. The molecule has 1 aromatic rings. The Labute approximate surface area is 163 Å². The van der Waals surface area contributed by atoms with Crippen LogP contribution in [0.2, 0.25) is 0 Å². The molecule has 3 rings (SSSR count). The molecule has 0 radical (unpaired) electrons. The van der Waals surface area contributed by atoms with E-state index in [0.717, 1.165) is 18.4 Å². The number of methoxy groups -OCH3 is 1. The minimum Gasteiger partial charge on any atom is -0.469 e. The number of ether oxygens (including phenoxy) is 1. The maximum Gasteiger partial charge on any atom is 0.305 e. The highest BCUT2D eigenvalue weighted by Gasteiger charge is 2.59. The van der Waals surface area contributed by atoms with Crippen LogP contribution in [0.15, 0.2) is 36.4 Å². The van der Waals surface area contributed by atoms with Crippen molar-refractivity contribution in [3.63, 3.8) is 0 Å². The van der Waals surface area contributed by atoms with E-state index in [4.69, 9.17) is 4.74 Å². The van der Waals surface area contributed by atoms with E-state index in [1.54, 1.807) is 0 Å². The van der Waals surface area contributed by atoms with Crippen LogP contribution in [-0.4, -0.2) is 18.9 Å². The predicted octanol–water partition coefficient (Wildman–Crippen LogP) is 4.92. The molecule has 2 fully saturated rings. The Balaban J connectivity index is 1.54. The zero-order valence-corrected chi connectivity index (χ0v) is 16.7. The summed E-state index contributed by atoms with van der Waals surface area (Å²) in [4.78, 5) is 23.8. The molecule has 2 saturated carbocycles. The zero-order valence-electron chi connectivity index (χ0n) is 16.7. The number of benzene rings is 1. The van der Waals surface area contributed by atoms with Crippen LogP contribution in [0, 0.1) is 23.7 Å². The third-order valence-corrected chi connectivity index (χ3v) is 6.23. The molecule has 0 bridgehead atoms. The van der Waals surface area contributed by atoms with Crippen molar-refractivity contribution in [2.24, 2.45) is 23.7 Å². The largest absolute Gasteiger partial charge is 0.469 e. The molecular weight excluding hydrogens is 336 g/mol. The van der Waals surface area contributed by atoms with Gasteiger partial charge in [-0.15, -0.1) is 0 Å². The SMILES string of the molecule is CCCCC/C=C/C1C2CC(=O)C(Cc3cccc(CCC(=O)OC)c3)C12. The molecule has 2 aliphatic rings. The molecule has 4 unspecified atom stereocenters. The van der Waals surface area contributed by atoms with Crippen molar-refractivity contribution in [3.8, 4) is 0 Å². The van der Waals surface area contributed by atoms with Gasteiger partial charge in [-0.25, -0.2) is 0 Å². The first-order valence-corrected chi connectivity index (χ1v) is 10.5. The molecule has 146 valence electrons. The summed E-state index contributed by atoms with van der Waals surface area (Å²) in [6.45, 7) is 2.23. The van der Waals surface area contributed by atoms with Gasteiger partial charge >= 0.3 is 5.97 Å². The number of carbonyl (C=O) groups is 2. The molecule has 0 aliphatic heterocycles. The van der Waals surface area contributed by atoms with Crippen molar-refractivity contribution < 1.29 is 14.3 Å². The van der Waals surface area contributed by atoms with Crippen LogP contribution in [0.1, 0.15) is 56.6 Å². The monoisotopic (exact) mass is 368 g/mol. The average molecular weight is 369 g/mol. The van der Waals surface area contributed by atoms with E-state index in [-0.39, 0.29) is 11.9 Å². The second-order valence-electron chi connectivity index (χ2n) is 8.12. The summed E-state index contributed by atoms with van der Waals surface area (Å²) >= 11 is 0. The lowest BCUT2D eigenvalue weighted by molar-refractivity contribution is -0.140. The lowest BCUT2D eigenvalue weighted by Gasteiger charge is -2.13. The number of fused-ring (bicyclic) bond motifs is 1. The molecule has 3 heteroatoms. The van der Waals surface area contributed by atoms with Crippen LogP contribution in [0.3, 0.4) is 0 Å². The van der Waals surface area contributed by atoms with E-state index < -0.39 is 0 Å². The van der Waals surface area contributed by atoms with Gasteiger partial charge in [-0.3, -0.25) is 9.59 Å². The van der Waals surface area contributed by atoms with Crippen molar-refractivity contribution in [1.29, 1.82) is 0 Å². The number of allylic oxidation sites excluding steroid dienone is 2. The van der Waals surface area contributed by atoms with Gasteiger partial charge in [0.2, 0.25) is 0 Å². The standard InChI is InChI=1S/C24H32O3/c1-3-4-5-6-7-11-19-20-16-22(25)21(24(19)20)15-18-10-8-9-17(14-18)12-13-23(26)27-2/h7-11,14,19-21,24H,3-6,12-13,15-16H2,1-2H3/b11-7+. The van der Waals surface area contributed by atoms with Crippen LogP contribution in [0.4, 0.5) is 0 Å². The first kappa shape index (κ1) is 19.9. The van der Waals surface area contributed by atoms with Gasteiger partial charge in [0.15, 0.2) is 0 Å². The van der Waals surface area contributed by atoms with Crippen molar-refractivity contribution in [1.82, 2.24) is 0 Å². The maximum atomic E-state index is 12.4. The van der Waals surface area contributed by atoms with E-state index >= 15 is 0 Å². The Morgan fingerprint density at radius 1 is 1.26 bits per heavy atom. The fourth-order valence-electron chi connectivity index (χ4n) is 4.67. The molecule has 2 aliphatic carbocycles. The van der Waals surface area contributed by atoms with Crippen LogP contribution in [-0.2, 0) is 27.2 Å². The van der Waals surface area contributed by atoms with Crippen LogP contribution in [0.5, 0.6) is 0 Å². The minimum atomic E-state index is -0.180. The number of hydrogen-bond acceptors (Lipinski definition) is 3. The third-order valence-electron chi connectivity index (χ3n) is 6.23.